The fourth-order valence-corrected chi connectivity index (χ4v) is 2.32. The second-order valence-electron chi connectivity index (χ2n) is 4.83. The van der Waals surface area contributed by atoms with Crippen LogP contribution in [0.4, 0.5) is 0 Å². The van der Waals surface area contributed by atoms with Crippen LogP contribution >= 0.6 is 0 Å². The summed E-state index contributed by atoms with van der Waals surface area (Å²) in [4.78, 5) is 0. The highest BCUT2D eigenvalue weighted by Crippen LogP contribution is 2.44. The van der Waals surface area contributed by atoms with Crippen LogP contribution in [0.5, 0.6) is 0 Å². The van der Waals surface area contributed by atoms with Crippen LogP contribution in [0.25, 0.3) is 0 Å². The lowest BCUT2D eigenvalue weighted by atomic mass is 9.91. The molecule has 0 bridgehead atoms. The Bertz CT molecular complexity index is 247. The topological polar surface area (TPSA) is 32.8 Å². The van der Waals surface area contributed by atoms with Gasteiger partial charge in [-0.2, -0.15) is 0 Å². The lowest BCUT2D eigenvalue weighted by molar-refractivity contribution is 0.0760. The summed E-state index contributed by atoms with van der Waals surface area (Å²) in [6, 6.07) is 0. The molecule has 1 unspecified atom stereocenters. The van der Waals surface area contributed by atoms with Crippen LogP contribution in [0.2, 0.25) is 0 Å². The van der Waals surface area contributed by atoms with E-state index in [-0.39, 0.29) is 11.7 Å². The van der Waals surface area contributed by atoms with Gasteiger partial charge in [-0.25, -0.2) is 0 Å². The highest BCUT2D eigenvalue weighted by Gasteiger charge is 2.56. The van der Waals surface area contributed by atoms with Crippen LogP contribution in [0.3, 0.4) is 0 Å². The Hall–Kier alpha value is -0.340. The van der Waals surface area contributed by atoms with Crippen molar-refractivity contribution in [2.24, 2.45) is 0 Å². The van der Waals surface area contributed by atoms with Crippen LogP contribution in [0.1, 0.15) is 46.0 Å². The third-order valence-corrected chi connectivity index (χ3v) is 3.62. The number of hydrogen-bond acceptors (Lipinski definition) is 2. The minimum Gasteiger partial charge on any atom is -0.390 e. The molecule has 1 heterocycles. The van der Waals surface area contributed by atoms with E-state index in [4.69, 9.17) is 4.74 Å². The van der Waals surface area contributed by atoms with Crippen LogP contribution in [0.15, 0.2) is 11.6 Å². The number of allylic oxidation sites excluding steroid dienone is 2. The van der Waals surface area contributed by atoms with Gasteiger partial charge >= 0.3 is 0 Å². The van der Waals surface area contributed by atoms with Crippen molar-refractivity contribution in [2.75, 3.05) is 0 Å². The summed E-state index contributed by atoms with van der Waals surface area (Å²) in [6.07, 6.45) is 7.56. The number of fused-ring (bicyclic) bond motifs is 1. The Morgan fingerprint density at radius 3 is 3.07 bits per heavy atom. The van der Waals surface area contributed by atoms with Gasteiger partial charge in [0.25, 0.3) is 0 Å². The van der Waals surface area contributed by atoms with Gasteiger partial charge in [-0.15, -0.1) is 0 Å². The predicted molar refractivity (Wildman–Crippen MR) is 56.1 cm³/mol. The van der Waals surface area contributed by atoms with Crippen molar-refractivity contribution in [1.29, 1.82) is 0 Å². The normalized spacial score (nSPS) is 47.5. The number of hydrogen-bond donors (Lipinski definition) is 1. The molecule has 0 aromatic rings. The van der Waals surface area contributed by atoms with Gasteiger partial charge < -0.3 is 9.84 Å². The van der Waals surface area contributed by atoms with Crippen molar-refractivity contribution in [3.63, 3.8) is 0 Å². The van der Waals surface area contributed by atoms with Gasteiger partial charge in [0.1, 0.15) is 5.60 Å². The van der Waals surface area contributed by atoms with Crippen LogP contribution in [0, 0.1) is 0 Å². The second-order valence-corrected chi connectivity index (χ2v) is 4.83. The molecule has 0 radical (unpaired) electrons. The van der Waals surface area contributed by atoms with E-state index in [1.807, 2.05) is 6.92 Å². The van der Waals surface area contributed by atoms with Crippen molar-refractivity contribution < 1.29 is 9.84 Å². The Kier molecular flexibility index (Phi) is 2.67. The van der Waals surface area contributed by atoms with Crippen molar-refractivity contribution in [2.45, 2.75) is 63.8 Å². The van der Waals surface area contributed by atoms with Gasteiger partial charge in [0, 0.05) is 0 Å². The van der Waals surface area contributed by atoms with Crippen molar-refractivity contribution in [3.05, 3.63) is 11.6 Å². The molecular weight excluding hydrogens is 176 g/mol. The zero-order valence-electron chi connectivity index (χ0n) is 9.12. The van der Waals surface area contributed by atoms with E-state index in [9.17, 15) is 5.11 Å². The molecule has 1 aliphatic heterocycles. The molecular formula is C12H20O2. The number of ether oxygens (including phenoxy) is 1. The van der Waals surface area contributed by atoms with E-state index >= 15 is 0 Å². The largest absolute Gasteiger partial charge is 0.390 e. The summed E-state index contributed by atoms with van der Waals surface area (Å²) in [5, 5.41) is 9.92. The molecule has 2 rings (SSSR count). The molecule has 0 aromatic heterocycles. The zero-order valence-corrected chi connectivity index (χ0v) is 9.12. The molecule has 1 fully saturated rings. The van der Waals surface area contributed by atoms with Gasteiger partial charge in [-0.05, 0) is 46.0 Å². The van der Waals surface area contributed by atoms with Gasteiger partial charge in [0.2, 0.25) is 0 Å². The fourth-order valence-electron chi connectivity index (χ4n) is 2.32. The first kappa shape index (κ1) is 10.2. The van der Waals surface area contributed by atoms with Gasteiger partial charge in [0.15, 0.2) is 0 Å². The molecule has 1 aliphatic carbocycles. The Labute approximate surface area is 86.0 Å². The van der Waals surface area contributed by atoms with Crippen LogP contribution < -0.4 is 0 Å². The molecule has 0 aromatic carbocycles. The first-order valence-electron chi connectivity index (χ1n) is 5.64. The molecule has 2 aliphatic rings. The Morgan fingerprint density at radius 2 is 2.29 bits per heavy atom. The van der Waals surface area contributed by atoms with Gasteiger partial charge in [-0.1, -0.05) is 11.6 Å². The highest BCUT2D eigenvalue weighted by atomic mass is 16.6. The lowest BCUT2D eigenvalue weighted by Crippen LogP contribution is -2.29. The summed E-state index contributed by atoms with van der Waals surface area (Å²) in [7, 11) is 0. The van der Waals surface area contributed by atoms with Crippen molar-refractivity contribution >= 4 is 0 Å². The number of rotatable bonds is 0. The molecule has 0 spiro atoms. The third-order valence-electron chi connectivity index (χ3n) is 3.62. The van der Waals surface area contributed by atoms with E-state index < -0.39 is 0 Å². The maximum atomic E-state index is 9.92. The summed E-state index contributed by atoms with van der Waals surface area (Å²) in [6.45, 7) is 4.24. The standard InChI is InChI=1S/C12H20O2/c1-9-5-3-4-6-10(13)12(2)11(14-12)8-7-9/h5,10-11,13H,3-4,6-8H2,1-2H3/b9-5+/t10?,11-,12+/m0/s1. The minimum absolute atomic E-state index is 0.225. The Morgan fingerprint density at radius 1 is 1.50 bits per heavy atom. The average molecular weight is 196 g/mol. The summed E-state index contributed by atoms with van der Waals surface area (Å²) in [5.74, 6) is 0. The molecule has 2 heteroatoms. The average Bonchev–Trinajstić information content (AvgIpc) is 2.82. The molecule has 3 atom stereocenters. The van der Waals surface area contributed by atoms with E-state index in [1.54, 1.807) is 0 Å². The van der Waals surface area contributed by atoms with E-state index in [2.05, 4.69) is 13.0 Å². The second kappa shape index (κ2) is 3.67. The number of aliphatic hydroxyl groups excluding tert-OH is 1. The van der Waals surface area contributed by atoms with E-state index in [0.717, 1.165) is 32.1 Å². The summed E-state index contributed by atoms with van der Waals surface area (Å²) < 4.78 is 5.62. The molecule has 14 heavy (non-hydrogen) atoms. The van der Waals surface area contributed by atoms with E-state index in [0.29, 0.717) is 6.10 Å². The van der Waals surface area contributed by atoms with E-state index in [1.165, 1.54) is 5.57 Å². The van der Waals surface area contributed by atoms with Crippen LogP contribution in [-0.2, 0) is 4.74 Å². The first-order valence-corrected chi connectivity index (χ1v) is 5.64. The monoisotopic (exact) mass is 196 g/mol. The van der Waals surface area contributed by atoms with Crippen LogP contribution in [-0.4, -0.2) is 22.9 Å². The lowest BCUT2D eigenvalue weighted by Gasteiger charge is -2.16. The molecule has 0 saturated carbocycles. The summed E-state index contributed by atoms with van der Waals surface area (Å²) in [5.41, 5.74) is 1.25. The quantitative estimate of drug-likeness (QED) is 0.476. The third kappa shape index (κ3) is 1.86. The van der Waals surface area contributed by atoms with Gasteiger partial charge in [0.05, 0.1) is 12.2 Å². The molecule has 1 N–H and O–H groups in total. The molecule has 80 valence electrons. The van der Waals surface area contributed by atoms with Crippen molar-refractivity contribution in [3.8, 4) is 0 Å². The minimum atomic E-state index is -0.265. The maximum Gasteiger partial charge on any atom is 0.118 e. The highest BCUT2D eigenvalue weighted by molar-refractivity contribution is 5.08. The molecule has 1 saturated heterocycles. The molecule has 2 nitrogen and oxygen atoms in total. The maximum absolute atomic E-state index is 9.92. The van der Waals surface area contributed by atoms with Gasteiger partial charge in [-0.3, -0.25) is 0 Å². The predicted octanol–water partition coefficient (Wildman–Crippen LogP) is 2.42. The smallest absolute Gasteiger partial charge is 0.118 e. The fraction of sp³-hybridized carbons (Fsp3) is 0.833. The zero-order chi connectivity index (χ0) is 10.2. The number of epoxide rings is 1. The first-order chi connectivity index (χ1) is 6.63. The molecule has 0 amide bonds. The Balaban J connectivity index is 2.01. The number of aliphatic hydroxyl groups is 1. The van der Waals surface area contributed by atoms with Crippen molar-refractivity contribution in [1.82, 2.24) is 0 Å². The summed E-state index contributed by atoms with van der Waals surface area (Å²) >= 11 is 0. The SMILES string of the molecule is C/C1=C\CCCC(O)[C@@]2(C)O[C@H]2CC1.